The molecule has 1 aliphatic carbocycles. The van der Waals surface area contributed by atoms with E-state index >= 15 is 0 Å². The van der Waals surface area contributed by atoms with E-state index in [1.807, 2.05) is 12.1 Å². The van der Waals surface area contributed by atoms with E-state index in [1.54, 1.807) is 17.0 Å². The number of fused-ring (bicyclic) bond motifs is 1. The Morgan fingerprint density at radius 3 is 2.31 bits per heavy atom. The monoisotopic (exact) mass is 421 g/mol. The highest BCUT2D eigenvalue weighted by molar-refractivity contribution is 5.71. The van der Waals surface area contributed by atoms with Crippen LogP contribution in [0.2, 0.25) is 0 Å². The Morgan fingerprint density at radius 2 is 1.66 bits per heavy atom. The highest BCUT2D eigenvalue weighted by atomic mass is 35.5. The fourth-order valence-corrected chi connectivity index (χ4v) is 4.50. The van der Waals surface area contributed by atoms with E-state index in [9.17, 15) is 4.39 Å². The van der Waals surface area contributed by atoms with Crippen LogP contribution in [0.1, 0.15) is 43.9 Å². The van der Waals surface area contributed by atoms with Crippen LogP contribution in [0.25, 0.3) is 11.1 Å². The van der Waals surface area contributed by atoms with E-state index in [0.717, 1.165) is 37.3 Å². The van der Waals surface area contributed by atoms with Gasteiger partial charge in [0.05, 0.1) is 32.7 Å². The van der Waals surface area contributed by atoms with Gasteiger partial charge in [0.1, 0.15) is 11.6 Å². The highest BCUT2D eigenvalue weighted by Crippen LogP contribution is 2.33. The van der Waals surface area contributed by atoms with Crippen LogP contribution in [0.4, 0.5) is 10.2 Å². The quantitative estimate of drug-likeness (QED) is 0.723. The molecule has 1 aromatic carbocycles. The number of piperazine rings is 1. The van der Waals surface area contributed by atoms with Crippen molar-refractivity contribution in [1.29, 1.82) is 0 Å². The van der Waals surface area contributed by atoms with Gasteiger partial charge in [0.15, 0.2) is 0 Å². The van der Waals surface area contributed by atoms with Crippen LogP contribution in [0.5, 0.6) is 0 Å². The third kappa shape index (κ3) is 5.47. The number of aromatic nitrogens is 1. The SMILES string of the molecule is CC[NH+]1CCN(c2cc(-c3ccc(F)cc3)c3c(n2)CCCCCC3)CC1.O.[Cl-]. The molecular formula is C23H33ClFN3O. The van der Waals surface area contributed by atoms with Crippen molar-refractivity contribution in [2.75, 3.05) is 37.6 Å². The number of halogens is 2. The zero-order chi connectivity index (χ0) is 18.6. The molecule has 0 radical (unpaired) electrons. The minimum absolute atomic E-state index is 0. The molecule has 0 saturated carbocycles. The van der Waals surface area contributed by atoms with Crippen molar-refractivity contribution in [1.82, 2.24) is 4.98 Å². The standard InChI is InChI=1S/C23H30FN3.ClH.H2O/c1-2-26-13-15-27(16-14-26)23-17-21(18-9-11-19(24)12-10-18)20-7-5-3-4-6-8-22(20)25-23;;/h9-12,17H,2-8,13-16H2,1H3;1H;1H2. The van der Waals surface area contributed by atoms with E-state index in [1.165, 1.54) is 62.1 Å². The molecule has 0 bridgehead atoms. The van der Waals surface area contributed by atoms with Gasteiger partial charge in [-0.25, -0.2) is 9.37 Å². The van der Waals surface area contributed by atoms with Crippen molar-refractivity contribution < 1.29 is 27.2 Å². The average Bonchev–Trinajstić information content (AvgIpc) is 2.69. The van der Waals surface area contributed by atoms with E-state index in [2.05, 4.69) is 17.9 Å². The third-order valence-corrected chi connectivity index (χ3v) is 6.24. The molecule has 160 valence electrons. The van der Waals surface area contributed by atoms with Gasteiger partial charge in [0.25, 0.3) is 0 Å². The molecule has 1 aliphatic heterocycles. The summed E-state index contributed by atoms with van der Waals surface area (Å²) in [6.45, 7) is 7.96. The normalized spacial score (nSPS) is 17.4. The van der Waals surface area contributed by atoms with Gasteiger partial charge in [-0.1, -0.05) is 25.0 Å². The van der Waals surface area contributed by atoms with Crippen LogP contribution in [0.15, 0.2) is 30.3 Å². The lowest BCUT2D eigenvalue weighted by Crippen LogP contribution is -3.14. The molecule has 2 aliphatic rings. The van der Waals surface area contributed by atoms with Crippen molar-refractivity contribution in [2.45, 2.75) is 45.4 Å². The largest absolute Gasteiger partial charge is 1.00 e. The number of pyridine rings is 1. The molecule has 6 heteroatoms. The van der Waals surface area contributed by atoms with E-state index in [4.69, 9.17) is 4.98 Å². The van der Waals surface area contributed by atoms with Crippen molar-refractivity contribution in [3.05, 3.63) is 47.4 Å². The molecular weight excluding hydrogens is 389 g/mol. The second-order valence-corrected chi connectivity index (χ2v) is 7.96. The number of hydrogen-bond acceptors (Lipinski definition) is 2. The number of hydrogen-bond donors (Lipinski definition) is 1. The van der Waals surface area contributed by atoms with Crippen LogP contribution in [-0.4, -0.2) is 43.2 Å². The Kier molecular flexibility index (Phi) is 8.87. The van der Waals surface area contributed by atoms with E-state index in [-0.39, 0.29) is 23.7 Å². The summed E-state index contributed by atoms with van der Waals surface area (Å²) in [5.74, 6) is 0.943. The summed E-state index contributed by atoms with van der Waals surface area (Å²) in [7, 11) is 0. The average molecular weight is 422 g/mol. The third-order valence-electron chi connectivity index (χ3n) is 6.24. The van der Waals surface area contributed by atoms with Gasteiger partial charge in [0.2, 0.25) is 0 Å². The molecule has 2 aromatic rings. The molecule has 0 unspecified atom stereocenters. The zero-order valence-electron chi connectivity index (χ0n) is 17.3. The topological polar surface area (TPSA) is 52.1 Å². The van der Waals surface area contributed by atoms with Gasteiger partial charge in [0, 0.05) is 5.69 Å². The lowest BCUT2D eigenvalue weighted by Gasteiger charge is -2.33. The van der Waals surface area contributed by atoms with Crippen molar-refractivity contribution in [3.8, 4) is 11.1 Å². The Balaban J connectivity index is 0.00000150. The van der Waals surface area contributed by atoms with Crippen LogP contribution in [0, 0.1) is 5.82 Å². The van der Waals surface area contributed by atoms with Crippen LogP contribution < -0.4 is 22.2 Å². The predicted molar refractivity (Wildman–Crippen MR) is 113 cm³/mol. The Hall–Kier alpha value is -1.69. The number of likely N-dealkylation sites (N-methyl/N-ethyl adjacent to an activating group) is 1. The van der Waals surface area contributed by atoms with Gasteiger partial charge >= 0.3 is 0 Å². The van der Waals surface area contributed by atoms with Gasteiger partial charge in [-0.15, -0.1) is 0 Å². The maximum absolute atomic E-state index is 13.5. The number of nitrogens with one attached hydrogen (secondary N) is 1. The summed E-state index contributed by atoms with van der Waals surface area (Å²) in [5, 5.41) is 0. The fourth-order valence-electron chi connectivity index (χ4n) is 4.50. The Bertz CT molecular complexity index is 776. The van der Waals surface area contributed by atoms with Gasteiger partial charge in [-0.05, 0) is 67.5 Å². The molecule has 3 N–H and O–H groups in total. The summed E-state index contributed by atoms with van der Waals surface area (Å²) >= 11 is 0. The number of aryl methyl sites for hydroxylation is 1. The van der Waals surface area contributed by atoms with Crippen molar-refractivity contribution in [2.24, 2.45) is 0 Å². The number of rotatable bonds is 3. The molecule has 0 atom stereocenters. The molecule has 1 aromatic heterocycles. The maximum atomic E-state index is 13.5. The first-order valence-corrected chi connectivity index (χ1v) is 10.6. The molecule has 4 nitrogen and oxygen atoms in total. The number of quaternary nitrogens is 1. The summed E-state index contributed by atoms with van der Waals surface area (Å²) < 4.78 is 13.5. The van der Waals surface area contributed by atoms with Gasteiger partial charge in [-0.3, -0.25) is 0 Å². The first-order chi connectivity index (χ1) is 13.2. The first kappa shape index (κ1) is 23.6. The van der Waals surface area contributed by atoms with E-state index < -0.39 is 0 Å². The van der Waals surface area contributed by atoms with Crippen LogP contribution in [-0.2, 0) is 12.8 Å². The lowest BCUT2D eigenvalue weighted by atomic mass is 9.90. The Labute approximate surface area is 179 Å². The second-order valence-electron chi connectivity index (χ2n) is 7.96. The van der Waals surface area contributed by atoms with Gasteiger partial charge in [-0.2, -0.15) is 0 Å². The molecule has 1 fully saturated rings. The summed E-state index contributed by atoms with van der Waals surface area (Å²) in [6, 6.07) is 9.27. The zero-order valence-corrected chi connectivity index (χ0v) is 18.1. The molecule has 0 amide bonds. The first-order valence-electron chi connectivity index (χ1n) is 10.6. The maximum Gasteiger partial charge on any atom is 0.129 e. The number of anilines is 1. The lowest BCUT2D eigenvalue weighted by molar-refractivity contribution is -0.898. The smallest absolute Gasteiger partial charge is 0.129 e. The minimum atomic E-state index is -0.172. The van der Waals surface area contributed by atoms with E-state index in [0.29, 0.717) is 0 Å². The van der Waals surface area contributed by atoms with Crippen LogP contribution in [0.3, 0.4) is 0 Å². The molecule has 29 heavy (non-hydrogen) atoms. The number of benzene rings is 1. The second kappa shape index (κ2) is 10.9. The predicted octanol–water partition coefficient (Wildman–Crippen LogP) is -0.549. The summed E-state index contributed by atoms with van der Waals surface area (Å²) in [5.41, 5.74) is 5.05. The minimum Gasteiger partial charge on any atom is -1.00 e. The molecule has 4 rings (SSSR count). The fraction of sp³-hybridized carbons (Fsp3) is 0.522. The Morgan fingerprint density at radius 1 is 1.00 bits per heavy atom. The summed E-state index contributed by atoms with van der Waals surface area (Å²) in [6.07, 6.45) is 7.20. The molecule has 2 heterocycles. The van der Waals surface area contributed by atoms with Gasteiger partial charge < -0.3 is 27.7 Å². The summed E-state index contributed by atoms with van der Waals surface area (Å²) in [4.78, 5) is 9.26. The molecule has 0 spiro atoms. The molecule has 1 saturated heterocycles. The van der Waals surface area contributed by atoms with Crippen LogP contribution >= 0.6 is 0 Å². The number of nitrogens with zero attached hydrogens (tertiary/aromatic N) is 2. The van der Waals surface area contributed by atoms with Crippen molar-refractivity contribution >= 4 is 5.82 Å². The highest BCUT2D eigenvalue weighted by Gasteiger charge is 2.23. The van der Waals surface area contributed by atoms with Crippen molar-refractivity contribution in [3.63, 3.8) is 0 Å².